The van der Waals surface area contributed by atoms with Crippen molar-refractivity contribution in [1.82, 2.24) is 9.73 Å². The van der Waals surface area contributed by atoms with Crippen molar-refractivity contribution in [3.63, 3.8) is 0 Å². The Kier molecular flexibility index (Phi) is 8.24. The maximum Gasteiger partial charge on any atom is 0.255 e. The van der Waals surface area contributed by atoms with E-state index in [1.807, 2.05) is 6.92 Å². The largest absolute Gasteiger partial charge is 0.504 e. The molecule has 0 bridgehead atoms. The van der Waals surface area contributed by atoms with Crippen LogP contribution in [0.3, 0.4) is 0 Å². The van der Waals surface area contributed by atoms with E-state index < -0.39 is 15.9 Å². The second kappa shape index (κ2) is 11.1. The average Bonchev–Trinajstić information content (AvgIpc) is 2.81. The number of hydrazone groups is 1. The van der Waals surface area contributed by atoms with E-state index in [4.69, 9.17) is 4.74 Å². The van der Waals surface area contributed by atoms with Gasteiger partial charge in [-0.3, -0.25) is 4.79 Å². The van der Waals surface area contributed by atoms with Gasteiger partial charge in [-0.1, -0.05) is 37.5 Å². The predicted octanol–water partition coefficient (Wildman–Crippen LogP) is 3.26. The fraction of sp³-hybridized carbons (Fsp3) is 0.391. The van der Waals surface area contributed by atoms with Gasteiger partial charge in [0.1, 0.15) is 0 Å². The van der Waals surface area contributed by atoms with E-state index >= 15 is 0 Å². The third kappa shape index (κ3) is 6.08. The van der Waals surface area contributed by atoms with Crippen LogP contribution >= 0.6 is 0 Å². The minimum atomic E-state index is -3.81. The van der Waals surface area contributed by atoms with Crippen molar-refractivity contribution in [1.29, 1.82) is 0 Å². The van der Waals surface area contributed by atoms with Crippen molar-refractivity contribution < 1.29 is 23.1 Å². The molecular weight excluding hydrogens is 430 g/mol. The summed E-state index contributed by atoms with van der Waals surface area (Å²) in [6.45, 7) is 1.90. The van der Waals surface area contributed by atoms with Crippen LogP contribution in [-0.2, 0) is 14.8 Å². The lowest BCUT2D eigenvalue weighted by atomic mass is 9.95. The lowest BCUT2D eigenvalue weighted by Crippen LogP contribution is -2.46. The maximum absolute atomic E-state index is 13.3. The number of carbonyl (C=O) groups is 1. The summed E-state index contributed by atoms with van der Waals surface area (Å²) < 4.78 is 33.2. The van der Waals surface area contributed by atoms with Crippen LogP contribution in [0.25, 0.3) is 0 Å². The summed E-state index contributed by atoms with van der Waals surface area (Å²) in [7, 11) is -3.81. The van der Waals surface area contributed by atoms with Crippen LogP contribution in [0.5, 0.6) is 11.5 Å². The van der Waals surface area contributed by atoms with E-state index in [0.29, 0.717) is 17.9 Å². The number of aromatic hydroxyl groups is 1. The van der Waals surface area contributed by atoms with Crippen molar-refractivity contribution in [2.75, 3.05) is 13.2 Å². The van der Waals surface area contributed by atoms with E-state index in [1.165, 1.54) is 16.6 Å². The van der Waals surface area contributed by atoms with E-state index in [0.717, 1.165) is 32.1 Å². The number of nitrogens with one attached hydrogen (secondary N) is 1. The third-order valence-electron chi connectivity index (χ3n) is 5.32. The molecule has 0 unspecified atom stereocenters. The minimum Gasteiger partial charge on any atom is -0.504 e. The lowest BCUT2D eigenvalue weighted by Gasteiger charge is -2.32. The van der Waals surface area contributed by atoms with Gasteiger partial charge in [-0.2, -0.15) is 9.41 Å². The highest BCUT2D eigenvalue weighted by atomic mass is 32.2. The number of sulfonamides is 1. The molecule has 3 rings (SSSR count). The second-order valence-corrected chi connectivity index (χ2v) is 9.50. The highest BCUT2D eigenvalue weighted by Crippen LogP contribution is 2.28. The Labute approximate surface area is 189 Å². The van der Waals surface area contributed by atoms with E-state index in [2.05, 4.69) is 10.5 Å². The Morgan fingerprint density at radius 1 is 1.19 bits per heavy atom. The summed E-state index contributed by atoms with van der Waals surface area (Å²) in [6, 6.07) is 12.7. The topological polar surface area (TPSA) is 108 Å². The number of hydrogen-bond acceptors (Lipinski definition) is 6. The smallest absolute Gasteiger partial charge is 0.255 e. The second-order valence-electron chi connectivity index (χ2n) is 7.61. The molecule has 1 aliphatic rings. The molecule has 172 valence electrons. The number of carbonyl (C=O) groups excluding carboxylic acids is 1. The SMILES string of the molecule is CCOc1cc(/C=N/NC(=O)CN(C2CCCCC2)S(=O)(=O)c2ccccc2)ccc1O. The molecule has 0 aromatic heterocycles. The Hall–Kier alpha value is -2.91. The number of phenols is 1. The molecule has 1 fully saturated rings. The average molecular weight is 460 g/mol. The molecule has 1 aliphatic carbocycles. The minimum absolute atomic E-state index is 0.0160. The van der Waals surface area contributed by atoms with Crippen molar-refractivity contribution in [3.8, 4) is 11.5 Å². The van der Waals surface area contributed by atoms with Crippen molar-refractivity contribution in [3.05, 3.63) is 54.1 Å². The third-order valence-corrected chi connectivity index (χ3v) is 7.23. The van der Waals surface area contributed by atoms with Gasteiger partial charge in [0.25, 0.3) is 5.91 Å². The van der Waals surface area contributed by atoms with Gasteiger partial charge in [0.05, 0.1) is 24.3 Å². The first-order chi connectivity index (χ1) is 15.4. The van der Waals surface area contributed by atoms with Gasteiger partial charge in [-0.15, -0.1) is 0 Å². The molecule has 0 heterocycles. The van der Waals surface area contributed by atoms with Crippen molar-refractivity contribution >= 4 is 22.1 Å². The molecule has 2 N–H and O–H groups in total. The fourth-order valence-electron chi connectivity index (χ4n) is 3.75. The zero-order chi connectivity index (χ0) is 23.0. The van der Waals surface area contributed by atoms with Gasteiger partial charge < -0.3 is 9.84 Å². The monoisotopic (exact) mass is 459 g/mol. The fourth-order valence-corrected chi connectivity index (χ4v) is 5.41. The Bertz CT molecular complexity index is 1030. The Balaban J connectivity index is 1.71. The zero-order valence-electron chi connectivity index (χ0n) is 18.1. The molecule has 8 nitrogen and oxygen atoms in total. The highest BCUT2D eigenvalue weighted by molar-refractivity contribution is 7.89. The van der Waals surface area contributed by atoms with Gasteiger partial charge in [0, 0.05) is 6.04 Å². The summed E-state index contributed by atoms with van der Waals surface area (Å²) >= 11 is 0. The number of phenolic OH excluding ortho intramolecular Hbond substituents is 1. The first kappa shape index (κ1) is 23.7. The molecule has 2 aromatic rings. The summed E-state index contributed by atoms with van der Waals surface area (Å²) in [5.74, 6) is -0.183. The summed E-state index contributed by atoms with van der Waals surface area (Å²) in [5.41, 5.74) is 3.03. The normalized spacial score (nSPS) is 15.2. The molecule has 2 aromatic carbocycles. The van der Waals surface area contributed by atoms with Crippen LogP contribution in [0.2, 0.25) is 0 Å². The van der Waals surface area contributed by atoms with Crippen molar-refractivity contribution in [2.45, 2.75) is 50.0 Å². The Morgan fingerprint density at radius 3 is 2.59 bits per heavy atom. The molecule has 0 atom stereocenters. The summed E-state index contributed by atoms with van der Waals surface area (Å²) in [5, 5.41) is 13.7. The molecule has 0 saturated heterocycles. The molecule has 0 radical (unpaired) electrons. The van der Waals surface area contributed by atoms with Gasteiger partial charge in [-0.05, 0) is 55.7 Å². The Morgan fingerprint density at radius 2 is 1.91 bits per heavy atom. The summed E-state index contributed by atoms with van der Waals surface area (Å²) in [4.78, 5) is 12.8. The van der Waals surface area contributed by atoms with Crippen LogP contribution in [-0.4, -0.2) is 49.1 Å². The van der Waals surface area contributed by atoms with Gasteiger partial charge in [0.15, 0.2) is 11.5 Å². The quantitative estimate of drug-likeness (QED) is 0.442. The molecular formula is C23H29N3O5S. The standard InChI is InChI=1S/C23H29N3O5S/c1-2-31-22-15-18(13-14-21(22)27)16-24-25-23(28)17-26(19-9-5-3-6-10-19)32(29,30)20-11-7-4-8-12-20/h4,7-8,11-16,19,27H,2-3,5-6,9-10,17H2,1H3,(H,25,28)/b24-16+. The van der Waals surface area contributed by atoms with E-state index in [-0.39, 0.29) is 23.2 Å². The van der Waals surface area contributed by atoms with Crippen LogP contribution in [0.4, 0.5) is 0 Å². The molecule has 32 heavy (non-hydrogen) atoms. The molecule has 0 aliphatic heterocycles. The first-order valence-corrected chi connectivity index (χ1v) is 12.2. The van der Waals surface area contributed by atoms with Crippen molar-refractivity contribution in [2.24, 2.45) is 5.10 Å². The molecule has 0 spiro atoms. The van der Waals surface area contributed by atoms with Gasteiger partial charge in [0.2, 0.25) is 10.0 Å². The van der Waals surface area contributed by atoms with Crippen LogP contribution in [0.1, 0.15) is 44.6 Å². The van der Waals surface area contributed by atoms with Crippen LogP contribution < -0.4 is 10.2 Å². The van der Waals surface area contributed by atoms with Gasteiger partial charge >= 0.3 is 0 Å². The van der Waals surface area contributed by atoms with Crippen LogP contribution in [0.15, 0.2) is 58.5 Å². The van der Waals surface area contributed by atoms with E-state index in [9.17, 15) is 18.3 Å². The number of nitrogens with zero attached hydrogens (tertiary/aromatic N) is 2. The summed E-state index contributed by atoms with van der Waals surface area (Å²) in [6.07, 6.45) is 5.83. The zero-order valence-corrected chi connectivity index (χ0v) is 18.9. The predicted molar refractivity (Wildman–Crippen MR) is 122 cm³/mol. The number of benzene rings is 2. The van der Waals surface area contributed by atoms with Crippen LogP contribution in [0, 0.1) is 0 Å². The highest BCUT2D eigenvalue weighted by Gasteiger charge is 2.33. The van der Waals surface area contributed by atoms with E-state index in [1.54, 1.807) is 42.5 Å². The number of hydrogen-bond donors (Lipinski definition) is 2. The number of amides is 1. The maximum atomic E-state index is 13.3. The number of rotatable bonds is 9. The first-order valence-electron chi connectivity index (χ1n) is 10.8. The van der Waals surface area contributed by atoms with Gasteiger partial charge in [-0.25, -0.2) is 13.8 Å². The molecule has 9 heteroatoms. The molecule has 1 saturated carbocycles. The molecule has 1 amide bonds. The lowest BCUT2D eigenvalue weighted by molar-refractivity contribution is -0.121. The number of ether oxygens (including phenoxy) is 1.